The van der Waals surface area contributed by atoms with Crippen molar-refractivity contribution in [3.05, 3.63) is 52.7 Å². The number of primary amides is 1. The van der Waals surface area contributed by atoms with Crippen molar-refractivity contribution in [2.24, 2.45) is 23.5 Å². The maximum Gasteiger partial charge on any atom is 0.229 e. The van der Waals surface area contributed by atoms with Gasteiger partial charge in [-0.3, -0.25) is 9.59 Å². The second-order valence-corrected chi connectivity index (χ2v) is 10.0. The number of carbonyl (C=O) groups excluding carboxylic acids is 2. The zero-order valence-corrected chi connectivity index (χ0v) is 19.3. The number of carbonyl (C=O) groups is 2. The average molecular weight is 467 g/mol. The summed E-state index contributed by atoms with van der Waals surface area (Å²) >= 11 is 6.38. The van der Waals surface area contributed by atoms with Crippen LogP contribution in [0, 0.1) is 17.8 Å². The Bertz CT molecular complexity index is 1160. The highest BCUT2D eigenvalue weighted by Crippen LogP contribution is 2.45. The lowest BCUT2D eigenvalue weighted by Crippen LogP contribution is -2.41. The summed E-state index contributed by atoms with van der Waals surface area (Å²) in [5.74, 6) is 0.674. The Hall–Kier alpha value is -3.13. The number of allylic oxidation sites excluding steroid dienone is 1. The number of anilines is 3. The molecular formula is C24H27ClN6O2. The quantitative estimate of drug-likeness (QED) is 0.502. The molecule has 1 fully saturated rings. The third kappa shape index (κ3) is 4.04. The van der Waals surface area contributed by atoms with E-state index in [9.17, 15) is 9.59 Å². The normalized spacial score (nSPS) is 26.9. The lowest BCUT2D eigenvalue weighted by molar-refractivity contribution is -0.123. The summed E-state index contributed by atoms with van der Waals surface area (Å²) in [4.78, 5) is 33.0. The van der Waals surface area contributed by atoms with E-state index in [1.54, 1.807) is 0 Å². The topological polar surface area (TPSA) is 122 Å². The van der Waals surface area contributed by atoms with Gasteiger partial charge in [-0.25, -0.2) is 4.98 Å². The van der Waals surface area contributed by atoms with Crippen molar-refractivity contribution in [3.8, 4) is 0 Å². The minimum absolute atomic E-state index is 0.0483. The molecule has 1 aliphatic heterocycles. The summed E-state index contributed by atoms with van der Waals surface area (Å²) in [6, 6.07) is 5.87. The first-order valence-electron chi connectivity index (χ1n) is 11.2. The molecule has 2 aliphatic carbocycles. The number of hydrogen-bond donors (Lipinski definition) is 4. The van der Waals surface area contributed by atoms with Crippen LogP contribution < -0.4 is 21.7 Å². The van der Waals surface area contributed by atoms with Gasteiger partial charge in [0.25, 0.3) is 0 Å². The van der Waals surface area contributed by atoms with Gasteiger partial charge in [-0.05, 0) is 61.8 Å². The molecule has 2 bridgehead atoms. The van der Waals surface area contributed by atoms with Gasteiger partial charge in [-0.1, -0.05) is 29.8 Å². The first kappa shape index (κ1) is 21.7. The number of nitrogens with zero attached hydrogens (tertiary/aromatic N) is 2. The Morgan fingerprint density at radius 2 is 2.03 bits per heavy atom. The highest BCUT2D eigenvalue weighted by molar-refractivity contribution is 6.32. The Morgan fingerprint density at radius 3 is 2.82 bits per heavy atom. The van der Waals surface area contributed by atoms with Crippen LogP contribution in [0.15, 0.2) is 36.5 Å². The third-order valence-corrected chi connectivity index (χ3v) is 7.22. The molecule has 0 unspecified atom stereocenters. The van der Waals surface area contributed by atoms with Crippen LogP contribution in [-0.2, 0) is 21.5 Å². The number of amides is 2. The average Bonchev–Trinajstić information content (AvgIpc) is 3.33. The SMILES string of the molecule is CC1(C)NC(=O)CCc2ccc(Nc3ncc(Cl)c(N[C@@H]4[C@H](C(N)=O)[C@H]5C=C[C@@H]4C5)n3)cc21. The molecular weight excluding hydrogens is 440 g/mol. The molecule has 8 nitrogen and oxygen atoms in total. The van der Waals surface area contributed by atoms with Gasteiger partial charge >= 0.3 is 0 Å². The van der Waals surface area contributed by atoms with Crippen LogP contribution in [0.1, 0.15) is 37.8 Å². The van der Waals surface area contributed by atoms with E-state index >= 15 is 0 Å². The van der Waals surface area contributed by atoms with Crippen molar-refractivity contribution < 1.29 is 9.59 Å². The minimum Gasteiger partial charge on any atom is -0.369 e. The Labute approximate surface area is 197 Å². The van der Waals surface area contributed by atoms with Crippen molar-refractivity contribution in [2.45, 2.75) is 44.7 Å². The second-order valence-electron chi connectivity index (χ2n) is 9.61. The van der Waals surface area contributed by atoms with Crippen molar-refractivity contribution >= 4 is 40.9 Å². The molecule has 1 aromatic heterocycles. The zero-order valence-electron chi connectivity index (χ0n) is 18.6. The van der Waals surface area contributed by atoms with Crippen LogP contribution in [-0.4, -0.2) is 27.8 Å². The molecule has 4 atom stereocenters. The molecule has 172 valence electrons. The summed E-state index contributed by atoms with van der Waals surface area (Å²) in [6.07, 6.45) is 7.83. The molecule has 0 spiro atoms. The highest BCUT2D eigenvalue weighted by Gasteiger charge is 2.47. The summed E-state index contributed by atoms with van der Waals surface area (Å²) in [7, 11) is 0. The number of nitrogens with one attached hydrogen (secondary N) is 3. The maximum absolute atomic E-state index is 12.1. The van der Waals surface area contributed by atoms with Crippen LogP contribution in [0.4, 0.5) is 17.5 Å². The summed E-state index contributed by atoms with van der Waals surface area (Å²) in [5, 5.41) is 10.1. The Morgan fingerprint density at radius 1 is 1.24 bits per heavy atom. The molecule has 2 amide bonds. The van der Waals surface area contributed by atoms with Crippen LogP contribution in [0.25, 0.3) is 0 Å². The predicted octanol–water partition coefficient (Wildman–Crippen LogP) is 3.26. The van der Waals surface area contributed by atoms with E-state index in [-0.39, 0.29) is 35.6 Å². The van der Waals surface area contributed by atoms with Crippen molar-refractivity contribution in [2.75, 3.05) is 10.6 Å². The Balaban J connectivity index is 1.39. The van der Waals surface area contributed by atoms with E-state index in [4.69, 9.17) is 17.3 Å². The third-order valence-electron chi connectivity index (χ3n) is 6.95. The van der Waals surface area contributed by atoms with Gasteiger partial charge in [0.1, 0.15) is 5.02 Å². The molecule has 0 radical (unpaired) electrons. The number of hydrogen-bond acceptors (Lipinski definition) is 6. The van der Waals surface area contributed by atoms with Gasteiger partial charge < -0.3 is 21.7 Å². The molecule has 1 aromatic carbocycles. The largest absolute Gasteiger partial charge is 0.369 e. The van der Waals surface area contributed by atoms with Gasteiger partial charge in [-0.15, -0.1) is 0 Å². The highest BCUT2D eigenvalue weighted by atomic mass is 35.5. The Kier molecular flexibility index (Phi) is 5.28. The molecule has 5 rings (SSSR count). The van der Waals surface area contributed by atoms with Crippen LogP contribution in [0.3, 0.4) is 0 Å². The van der Waals surface area contributed by atoms with Crippen LogP contribution in [0.2, 0.25) is 5.02 Å². The van der Waals surface area contributed by atoms with Crippen molar-refractivity contribution in [3.63, 3.8) is 0 Å². The lowest BCUT2D eigenvalue weighted by Gasteiger charge is -2.28. The molecule has 0 saturated heterocycles. The fourth-order valence-corrected chi connectivity index (χ4v) is 5.55. The van der Waals surface area contributed by atoms with E-state index in [1.165, 1.54) is 6.20 Å². The molecule has 2 aromatic rings. The standard InChI is InChI=1S/C24H27ClN6O2/c1-24(2)16-10-15(7-5-12(16)6-8-18(32)31-24)28-23-27-11-17(25)22(30-23)29-20-14-4-3-13(9-14)19(20)21(26)33/h3-5,7,10-11,13-14,19-20H,6,8-9H2,1-2H3,(H2,26,33)(H,31,32)(H2,27,28,29,30)/t13-,14+,19+,20-/m0/s1. The van der Waals surface area contributed by atoms with Crippen molar-refractivity contribution in [1.82, 2.24) is 15.3 Å². The number of benzene rings is 1. The molecule has 1 saturated carbocycles. The maximum atomic E-state index is 12.1. The predicted molar refractivity (Wildman–Crippen MR) is 127 cm³/mol. The van der Waals surface area contributed by atoms with E-state index in [1.807, 2.05) is 32.0 Å². The fourth-order valence-electron chi connectivity index (χ4n) is 5.40. The number of rotatable bonds is 5. The first-order valence-corrected chi connectivity index (χ1v) is 11.6. The smallest absolute Gasteiger partial charge is 0.229 e. The number of aryl methyl sites for hydroxylation is 1. The molecule has 33 heavy (non-hydrogen) atoms. The minimum atomic E-state index is -0.479. The van der Waals surface area contributed by atoms with E-state index in [0.29, 0.717) is 29.6 Å². The van der Waals surface area contributed by atoms with E-state index in [2.05, 4.69) is 38.1 Å². The summed E-state index contributed by atoms with van der Waals surface area (Å²) < 4.78 is 0. The monoisotopic (exact) mass is 466 g/mol. The number of fused-ring (bicyclic) bond motifs is 3. The second kappa shape index (κ2) is 8.02. The molecule has 3 aliphatic rings. The van der Waals surface area contributed by atoms with Crippen LogP contribution >= 0.6 is 11.6 Å². The van der Waals surface area contributed by atoms with Crippen LogP contribution in [0.5, 0.6) is 0 Å². The van der Waals surface area contributed by atoms with Gasteiger partial charge in [0.05, 0.1) is 17.7 Å². The van der Waals surface area contributed by atoms with Crippen molar-refractivity contribution in [1.29, 1.82) is 0 Å². The fraction of sp³-hybridized carbons (Fsp3) is 0.417. The lowest BCUT2D eigenvalue weighted by atomic mass is 9.88. The van der Waals surface area contributed by atoms with Gasteiger partial charge in [0.15, 0.2) is 5.82 Å². The summed E-state index contributed by atoms with van der Waals surface area (Å²) in [6.45, 7) is 4.00. The van der Waals surface area contributed by atoms with Gasteiger partial charge in [0.2, 0.25) is 17.8 Å². The molecule has 2 heterocycles. The number of halogens is 1. The van der Waals surface area contributed by atoms with Gasteiger partial charge in [0, 0.05) is 18.2 Å². The number of aromatic nitrogens is 2. The first-order chi connectivity index (χ1) is 15.7. The molecule has 5 N–H and O–H groups in total. The summed E-state index contributed by atoms with van der Waals surface area (Å²) in [5.41, 5.74) is 8.21. The van der Waals surface area contributed by atoms with E-state index < -0.39 is 5.54 Å². The zero-order chi connectivity index (χ0) is 23.3. The van der Waals surface area contributed by atoms with E-state index in [0.717, 1.165) is 23.2 Å². The number of nitrogens with two attached hydrogens (primary N) is 1. The molecule has 9 heteroatoms. The van der Waals surface area contributed by atoms with Gasteiger partial charge in [-0.2, -0.15) is 4.98 Å².